The van der Waals surface area contributed by atoms with E-state index in [-0.39, 0.29) is 11.3 Å². The van der Waals surface area contributed by atoms with Gasteiger partial charge < -0.3 is 10.1 Å². The normalized spacial score (nSPS) is 10.7. The number of pyridine rings is 1. The summed E-state index contributed by atoms with van der Waals surface area (Å²) in [6.45, 7) is 2.41. The average Bonchev–Trinajstić information content (AvgIpc) is 2.89. The third kappa shape index (κ3) is 3.11. The summed E-state index contributed by atoms with van der Waals surface area (Å²) in [5.74, 6) is 0.211. The van der Waals surface area contributed by atoms with Crippen LogP contribution in [0.3, 0.4) is 0 Å². The molecule has 0 fully saturated rings. The molecule has 8 heteroatoms. The fraction of sp³-hybridized carbons (Fsp3) is 0.200. The van der Waals surface area contributed by atoms with Crippen LogP contribution in [-0.4, -0.2) is 28.0 Å². The van der Waals surface area contributed by atoms with E-state index in [0.717, 1.165) is 16.5 Å². The number of aryl methyl sites for hydroxylation is 1. The Bertz CT molecular complexity index is 867. The van der Waals surface area contributed by atoms with E-state index in [1.807, 2.05) is 19.1 Å². The monoisotopic (exact) mass is 348 g/mol. The van der Waals surface area contributed by atoms with Gasteiger partial charge in [-0.2, -0.15) is 0 Å². The van der Waals surface area contributed by atoms with E-state index in [4.69, 9.17) is 16.3 Å². The number of thiophene rings is 1. The lowest BCUT2D eigenvalue weighted by Crippen LogP contribution is -2.04. The van der Waals surface area contributed by atoms with Gasteiger partial charge in [0.15, 0.2) is 0 Å². The van der Waals surface area contributed by atoms with Gasteiger partial charge in [0, 0.05) is 18.9 Å². The van der Waals surface area contributed by atoms with Crippen LogP contribution in [0.4, 0.5) is 5.82 Å². The number of carbonyl (C=O) groups excluding carboxylic acids is 1. The van der Waals surface area contributed by atoms with E-state index >= 15 is 0 Å². The molecule has 0 aliphatic rings. The van der Waals surface area contributed by atoms with Crippen molar-refractivity contribution in [2.75, 3.05) is 12.4 Å². The maximum Gasteiger partial charge on any atom is 0.348 e. The standard InChI is InChI=1S/C15H13ClN4O2S/c1-8-10-12(18-7-9-3-5-17-6-4-9)19-15(16)20-13(10)23-11(8)14(21)22-2/h3-6H,7H2,1-2H3,(H,18,19,20). The van der Waals surface area contributed by atoms with Gasteiger partial charge in [-0.3, -0.25) is 4.98 Å². The molecule has 23 heavy (non-hydrogen) atoms. The summed E-state index contributed by atoms with van der Waals surface area (Å²) in [5.41, 5.74) is 1.84. The molecule has 3 aromatic heterocycles. The van der Waals surface area contributed by atoms with Crippen LogP contribution >= 0.6 is 22.9 Å². The van der Waals surface area contributed by atoms with Gasteiger partial charge >= 0.3 is 5.97 Å². The molecule has 0 radical (unpaired) electrons. The summed E-state index contributed by atoms with van der Waals surface area (Å²) in [7, 11) is 1.35. The summed E-state index contributed by atoms with van der Waals surface area (Å²) in [6.07, 6.45) is 3.45. The number of nitrogens with one attached hydrogen (secondary N) is 1. The van der Waals surface area contributed by atoms with Crippen LogP contribution in [-0.2, 0) is 11.3 Å². The van der Waals surface area contributed by atoms with Gasteiger partial charge in [-0.15, -0.1) is 11.3 Å². The quantitative estimate of drug-likeness (QED) is 0.575. The van der Waals surface area contributed by atoms with Crippen molar-refractivity contribution in [1.29, 1.82) is 0 Å². The minimum atomic E-state index is -0.387. The number of hydrogen-bond acceptors (Lipinski definition) is 7. The van der Waals surface area contributed by atoms with Crippen molar-refractivity contribution in [1.82, 2.24) is 15.0 Å². The summed E-state index contributed by atoms with van der Waals surface area (Å²) in [5, 5.41) is 4.16. The number of esters is 1. The lowest BCUT2D eigenvalue weighted by atomic mass is 10.2. The second kappa shape index (κ2) is 6.47. The molecule has 3 rings (SSSR count). The maximum atomic E-state index is 11.9. The molecule has 3 heterocycles. The van der Waals surface area contributed by atoms with Crippen LogP contribution in [0.25, 0.3) is 10.2 Å². The van der Waals surface area contributed by atoms with Gasteiger partial charge in [0.05, 0.1) is 12.5 Å². The molecular formula is C15H13ClN4O2S. The second-order valence-corrected chi connectivity index (χ2v) is 6.12. The van der Waals surface area contributed by atoms with E-state index in [1.54, 1.807) is 12.4 Å². The number of fused-ring (bicyclic) bond motifs is 1. The third-order valence-corrected chi connectivity index (χ3v) is 4.68. The number of carbonyl (C=O) groups is 1. The summed E-state index contributed by atoms with van der Waals surface area (Å²) in [6, 6.07) is 3.82. The molecule has 0 atom stereocenters. The van der Waals surface area contributed by atoms with Gasteiger partial charge in [-0.05, 0) is 41.8 Å². The van der Waals surface area contributed by atoms with E-state index in [1.165, 1.54) is 18.4 Å². The molecule has 0 bridgehead atoms. The number of ether oxygens (including phenoxy) is 1. The summed E-state index contributed by atoms with van der Waals surface area (Å²) >= 11 is 7.25. The zero-order valence-corrected chi connectivity index (χ0v) is 14.0. The van der Waals surface area contributed by atoms with E-state index in [9.17, 15) is 4.79 Å². The topological polar surface area (TPSA) is 77.0 Å². The van der Waals surface area contributed by atoms with Gasteiger partial charge in [0.1, 0.15) is 15.5 Å². The van der Waals surface area contributed by atoms with Crippen LogP contribution < -0.4 is 5.32 Å². The molecule has 118 valence electrons. The summed E-state index contributed by atoms with van der Waals surface area (Å²) in [4.78, 5) is 25.5. The number of methoxy groups -OCH3 is 1. The Morgan fingerprint density at radius 2 is 2.09 bits per heavy atom. The number of rotatable bonds is 4. The summed E-state index contributed by atoms with van der Waals surface area (Å²) < 4.78 is 4.81. The van der Waals surface area contributed by atoms with Crippen molar-refractivity contribution in [3.63, 3.8) is 0 Å². The molecule has 0 aliphatic carbocycles. The Kier molecular flexibility index (Phi) is 4.40. The van der Waals surface area contributed by atoms with Gasteiger partial charge in [-0.1, -0.05) is 0 Å². The molecule has 0 amide bonds. The Labute approximate surface area is 141 Å². The molecule has 0 saturated heterocycles. The molecule has 0 unspecified atom stereocenters. The second-order valence-electron chi connectivity index (χ2n) is 4.78. The van der Waals surface area contributed by atoms with E-state index in [2.05, 4.69) is 20.3 Å². The van der Waals surface area contributed by atoms with Crippen LogP contribution in [0.1, 0.15) is 20.8 Å². The number of aromatic nitrogens is 3. The first-order valence-electron chi connectivity index (χ1n) is 6.78. The number of halogens is 1. The Balaban J connectivity index is 2.02. The van der Waals surface area contributed by atoms with Crippen LogP contribution in [0.5, 0.6) is 0 Å². The highest BCUT2D eigenvalue weighted by Crippen LogP contribution is 2.35. The first-order chi connectivity index (χ1) is 11.1. The van der Waals surface area contributed by atoms with Crippen molar-refractivity contribution in [2.24, 2.45) is 0 Å². The maximum absolute atomic E-state index is 11.9. The van der Waals surface area contributed by atoms with Crippen molar-refractivity contribution >= 4 is 44.9 Å². The molecule has 0 saturated carbocycles. The fourth-order valence-corrected chi connectivity index (χ4v) is 3.53. The van der Waals surface area contributed by atoms with E-state index in [0.29, 0.717) is 22.1 Å². The Morgan fingerprint density at radius 1 is 1.35 bits per heavy atom. The largest absolute Gasteiger partial charge is 0.465 e. The first kappa shape index (κ1) is 15.6. The highest BCUT2D eigenvalue weighted by atomic mass is 35.5. The van der Waals surface area contributed by atoms with Crippen molar-refractivity contribution < 1.29 is 9.53 Å². The highest BCUT2D eigenvalue weighted by molar-refractivity contribution is 7.20. The van der Waals surface area contributed by atoms with E-state index < -0.39 is 0 Å². The SMILES string of the molecule is COC(=O)c1sc2nc(Cl)nc(NCc3ccncc3)c2c1C. The Morgan fingerprint density at radius 3 is 2.78 bits per heavy atom. The smallest absolute Gasteiger partial charge is 0.348 e. The average molecular weight is 349 g/mol. The number of hydrogen-bond donors (Lipinski definition) is 1. The minimum Gasteiger partial charge on any atom is -0.465 e. The van der Waals surface area contributed by atoms with Crippen molar-refractivity contribution in [3.05, 3.63) is 45.8 Å². The number of anilines is 1. The molecule has 0 aliphatic heterocycles. The minimum absolute atomic E-state index is 0.132. The first-order valence-corrected chi connectivity index (χ1v) is 7.97. The van der Waals surface area contributed by atoms with Gasteiger partial charge in [0.2, 0.25) is 5.28 Å². The van der Waals surface area contributed by atoms with Crippen LogP contribution in [0.2, 0.25) is 5.28 Å². The molecule has 0 spiro atoms. The predicted octanol–water partition coefficient (Wildman–Crippen LogP) is 3.45. The zero-order chi connectivity index (χ0) is 16.4. The van der Waals surface area contributed by atoms with Gasteiger partial charge in [-0.25, -0.2) is 14.8 Å². The molecule has 3 aromatic rings. The van der Waals surface area contributed by atoms with Crippen LogP contribution in [0, 0.1) is 6.92 Å². The third-order valence-electron chi connectivity index (χ3n) is 3.34. The molecular weight excluding hydrogens is 336 g/mol. The lowest BCUT2D eigenvalue weighted by Gasteiger charge is -2.08. The number of nitrogens with zero attached hydrogens (tertiary/aromatic N) is 3. The van der Waals surface area contributed by atoms with Gasteiger partial charge in [0.25, 0.3) is 0 Å². The highest BCUT2D eigenvalue weighted by Gasteiger charge is 2.20. The Hall–Kier alpha value is -2.25. The lowest BCUT2D eigenvalue weighted by molar-refractivity contribution is 0.0605. The predicted molar refractivity (Wildman–Crippen MR) is 90.1 cm³/mol. The molecule has 1 N–H and O–H groups in total. The molecule has 6 nitrogen and oxygen atoms in total. The van der Waals surface area contributed by atoms with Crippen molar-refractivity contribution in [2.45, 2.75) is 13.5 Å². The van der Waals surface area contributed by atoms with Crippen LogP contribution in [0.15, 0.2) is 24.5 Å². The van der Waals surface area contributed by atoms with Crippen molar-refractivity contribution in [3.8, 4) is 0 Å². The zero-order valence-electron chi connectivity index (χ0n) is 12.5. The fourth-order valence-electron chi connectivity index (χ4n) is 2.21. The molecule has 0 aromatic carbocycles.